The summed E-state index contributed by atoms with van der Waals surface area (Å²) in [7, 11) is 6.17. The van der Waals surface area contributed by atoms with Gasteiger partial charge in [0.2, 0.25) is 5.75 Å². The molecule has 0 atom stereocenters. The summed E-state index contributed by atoms with van der Waals surface area (Å²) in [5.74, 6) is 1.77. The largest absolute Gasteiger partial charge is 0.497 e. The number of pyridine rings is 1. The number of rotatable bonds is 8. The van der Waals surface area contributed by atoms with Gasteiger partial charge < -0.3 is 28.8 Å². The maximum Gasteiger partial charge on any atom is 0.254 e. The maximum absolute atomic E-state index is 13.9. The molecule has 1 amide bonds. The van der Waals surface area contributed by atoms with E-state index in [-0.39, 0.29) is 24.1 Å². The molecule has 0 unspecified atom stereocenters. The van der Waals surface area contributed by atoms with Gasteiger partial charge in [-0.2, -0.15) is 0 Å². The first-order valence-corrected chi connectivity index (χ1v) is 11.8. The van der Waals surface area contributed by atoms with Crippen molar-refractivity contribution < 1.29 is 23.7 Å². The summed E-state index contributed by atoms with van der Waals surface area (Å²) in [6.07, 6.45) is 5.05. The fourth-order valence-corrected chi connectivity index (χ4v) is 4.79. The van der Waals surface area contributed by atoms with Gasteiger partial charge in [-0.15, -0.1) is 0 Å². The Kier molecular flexibility index (Phi) is 7.48. The number of carbonyl (C=O) groups is 1. The van der Waals surface area contributed by atoms with E-state index in [4.69, 9.17) is 18.9 Å². The molecular weight excluding hydrogens is 448 g/mol. The highest BCUT2D eigenvalue weighted by Gasteiger charge is 2.29. The SMILES string of the molecule is COc1ccc2[nH]c(=O)c(CN(C(=O)c3cc(OC)c(OC)c(OC)c3)C3CCCCC3)cc2c1. The van der Waals surface area contributed by atoms with E-state index >= 15 is 0 Å². The van der Waals surface area contributed by atoms with Crippen LogP contribution < -0.4 is 24.5 Å². The molecule has 0 spiro atoms. The predicted octanol–water partition coefficient (Wildman–Crippen LogP) is 4.54. The Balaban J connectivity index is 1.75. The Hall–Kier alpha value is -3.68. The van der Waals surface area contributed by atoms with Crippen LogP contribution >= 0.6 is 0 Å². The van der Waals surface area contributed by atoms with Gasteiger partial charge in [0.25, 0.3) is 11.5 Å². The minimum atomic E-state index is -0.207. The van der Waals surface area contributed by atoms with E-state index in [0.29, 0.717) is 34.1 Å². The molecule has 1 aromatic heterocycles. The number of hydrogen-bond donors (Lipinski definition) is 1. The van der Waals surface area contributed by atoms with Crippen LogP contribution in [0.2, 0.25) is 0 Å². The van der Waals surface area contributed by atoms with Gasteiger partial charge in [0.1, 0.15) is 5.75 Å². The second-order valence-electron chi connectivity index (χ2n) is 8.72. The van der Waals surface area contributed by atoms with Crippen molar-refractivity contribution in [1.29, 1.82) is 0 Å². The van der Waals surface area contributed by atoms with Crippen molar-refractivity contribution in [3.05, 3.63) is 57.9 Å². The molecule has 1 saturated carbocycles. The minimum Gasteiger partial charge on any atom is -0.497 e. The summed E-state index contributed by atoms with van der Waals surface area (Å²) in [4.78, 5) is 31.6. The smallest absolute Gasteiger partial charge is 0.254 e. The van der Waals surface area contributed by atoms with Crippen molar-refractivity contribution in [2.45, 2.75) is 44.7 Å². The molecule has 3 aromatic rings. The second kappa shape index (κ2) is 10.7. The van der Waals surface area contributed by atoms with Crippen molar-refractivity contribution in [3.8, 4) is 23.0 Å². The average molecular weight is 481 g/mol. The van der Waals surface area contributed by atoms with Crippen LogP contribution in [0.5, 0.6) is 23.0 Å². The molecule has 8 heteroatoms. The van der Waals surface area contributed by atoms with Crippen LogP contribution in [0.15, 0.2) is 41.2 Å². The summed E-state index contributed by atoms with van der Waals surface area (Å²) >= 11 is 0. The topological polar surface area (TPSA) is 90.1 Å². The Morgan fingerprint density at radius 2 is 1.60 bits per heavy atom. The molecule has 0 radical (unpaired) electrons. The zero-order chi connectivity index (χ0) is 24.9. The Labute approximate surface area is 204 Å². The number of H-pyrrole nitrogens is 1. The van der Waals surface area contributed by atoms with Crippen LogP contribution in [0.3, 0.4) is 0 Å². The van der Waals surface area contributed by atoms with Crippen molar-refractivity contribution in [2.24, 2.45) is 0 Å². The number of aromatic nitrogens is 1. The Bertz CT molecular complexity index is 1240. The third-order valence-corrected chi connectivity index (χ3v) is 6.66. The molecule has 8 nitrogen and oxygen atoms in total. The van der Waals surface area contributed by atoms with E-state index < -0.39 is 0 Å². The standard InChI is InChI=1S/C27H32N2O6/c1-32-21-10-11-22-17(13-21)12-19(26(30)28-22)16-29(20-8-6-5-7-9-20)27(31)18-14-23(33-2)25(35-4)24(15-18)34-3/h10-15,20H,5-9,16H2,1-4H3,(H,28,30). The number of hydrogen-bond acceptors (Lipinski definition) is 6. The lowest BCUT2D eigenvalue weighted by atomic mass is 9.93. The van der Waals surface area contributed by atoms with Gasteiger partial charge in [-0.05, 0) is 49.2 Å². The zero-order valence-corrected chi connectivity index (χ0v) is 20.7. The zero-order valence-electron chi connectivity index (χ0n) is 20.7. The number of methoxy groups -OCH3 is 4. The predicted molar refractivity (Wildman–Crippen MR) is 134 cm³/mol. The molecule has 186 valence electrons. The van der Waals surface area contributed by atoms with E-state index in [1.165, 1.54) is 21.3 Å². The van der Waals surface area contributed by atoms with E-state index in [9.17, 15) is 9.59 Å². The van der Waals surface area contributed by atoms with Gasteiger partial charge in [-0.1, -0.05) is 19.3 Å². The summed E-state index contributed by atoms with van der Waals surface area (Å²) in [6, 6.07) is 10.7. The van der Waals surface area contributed by atoms with Crippen LogP contribution in [0, 0.1) is 0 Å². The van der Waals surface area contributed by atoms with Crippen molar-refractivity contribution in [2.75, 3.05) is 28.4 Å². The van der Waals surface area contributed by atoms with Crippen LogP contribution in [0.4, 0.5) is 0 Å². The first-order valence-electron chi connectivity index (χ1n) is 11.8. The van der Waals surface area contributed by atoms with Crippen LogP contribution in [0.25, 0.3) is 10.9 Å². The molecule has 1 aliphatic carbocycles. The Morgan fingerprint density at radius 3 is 2.20 bits per heavy atom. The molecule has 1 N–H and O–H groups in total. The molecule has 1 heterocycles. The van der Waals surface area contributed by atoms with E-state index in [2.05, 4.69) is 4.98 Å². The van der Waals surface area contributed by atoms with Crippen LogP contribution in [-0.2, 0) is 6.54 Å². The lowest BCUT2D eigenvalue weighted by Gasteiger charge is -2.34. The number of carbonyl (C=O) groups excluding carboxylic acids is 1. The Morgan fingerprint density at radius 1 is 0.914 bits per heavy atom. The summed E-state index contributed by atoms with van der Waals surface area (Å²) in [5, 5.41) is 0.850. The number of fused-ring (bicyclic) bond motifs is 1. The van der Waals surface area contributed by atoms with Gasteiger partial charge >= 0.3 is 0 Å². The number of benzene rings is 2. The van der Waals surface area contributed by atoms with Crippen LogP contribution in [0.1, 0.15) is 48.0 Å². The third-order valence-electron chi connectivity index (χ3n) is 6.66. The maximum atomic E-state index is 13.9. The lowest BCUT2D eigenvalue weighted by molar-refractivity contribution is 0.0612. The number of nitrogens with zero attached hydrogens (tertiary/aromatic N) is 1. The van der Waals surface area contributed by atoms with Gasteiger partial charge in [0.05, 0.1) is 35.0 Å². The van der Waals surface area contributed by atoms with E-state index in [0.717, 1.165) is 43.0 Å². The molecule has 0 saturated heterocycles. The molecule has 0 bridgehead atoms. The van der Waals surface area contributed by atoms with E-state index in [1.54, 1.807) is 25.3 Å². The molecular formula is C27H32N2O6. The van der Waals surface area contributed by atoms with Crippen LogP contribution in [-0.4, -0.2) is 50.3 Å². The number of ether oxygens (including phenoxy) is 4. The molecule has 0 aliphatic heterocycles. The first kappa shape index (κ1) is 24.4. The number of aromatic amines is 1. The second-order valence-corrected chi connectivity index (χ2v) is 8.72. The minimum absolute atomic E-state index is 0.0377. The fourth-order valence-electron chi connectivity index (χ4n) is 4.79. The molecule has 1 fully saturated rings. The highest BCUT2D eigenvalue weighted by Crippen LogP contribution is 2.39. The monoisotopic (exact) mass is 480 g/mol. The third kappa shape index (κ3) is 5.06. The first-order chi connectivity index (χ1) is 17.0. The summed E-state index contributed by atoms with van der Waals surface area (Å²) < 4.78 is 21.7. The molecule has 1 aliphatic rings. The normalized spacial score (nSPS) is 13.9. The highest BCUT2D eigenvalue weighted by molar-refractivity contribution is 5.96. The summed E-state index contributed by atoms with van der Waals surface area (Å²) in [6.45, 7) is 0.197. The van der Waals surface area contributed by atoms with E-state index in [1.807, 2.05) is 23.1 Å². The van der Waals surface area contributed by atoms with Crippen molar-refractivity contribution in [3.63, 3.8) is 0 Å². The number of nitrogens with one attached hydrogen (secondary N) is 1. The quantitative estimate of drug-likeness (QED) is 0.509. The molecule has 2 aromatic carbocycles. The lowest BCUT2D eigenvalue weighted by Crippen LogP contribution is -2.42. The molecule has 4 rings (SSSR count). The highest BCUT2D eigenvalue weighted by atomic mass is 16.5. The van der Waals surface area contributed by atoms with Gasteiger partial charge in [-0.3, -0.25) is 9.59 Å². The van der Waals surface area contributed by atoms with Gasteiger partial charge in [-0.25, -0.2) is 0 Å². The number of amides is 1. The average Bonchev–Trinajstić information content (AvgIpc) is 2.90. The van der Waals surface area contributed by atoms with Gasteiger partial charge in [0, 0.05) is 28.1 Å². The van der Waals surface area contributed by atoms with Crippen molar-refractivity contribution in [1.82, 2.24) is 9.88 Å². The summed E-state index contributed by atoms with van der Waals surface area (Å²) in [5.41, 5.74) is 1.46. The van der Waals surface area contributed by atoms with Gasteiger partial charge in [0.15, 0.2) is 11.5 Å². The molecule has 35 heavy (non-hydrogen) atoms. The fraction of sp³-hybridized carbons (Fsp3) is 0.407. The van der Waals surface area contributed by atoms with Crippen molar-refractivity contribution >= 4 is 16.8 Å².